The van der Waals surface area contributed by atoms with Crippen LogP contribution in [0.1, 0.15) is 27.2 Å². The predicted molar refractivity (Wildman–Crippen MR) is 101 cm³/mol. The van der Waals surface area contributed by atoms with Gasteiger partial charge in [0.1, 0.15) is 18.5 Å². The van der Waals surface area contributed by atoms with Crippen molar-refractivity contribution >= 4 is 17.4 Å². The highest BCUT2D eigenvalue weighted by molar-refractivity contribution is 5.98. The van der Waals surface area contributed by atoms with Gasteiger partial charge in [-0.1, -0.05) is 13.8 Å². The molecule has 12 heteroatoms. The fraction of sp³-hybridized carbons (Fsp3) is 0.706. The lowest BCUT2D eigenvalue weighted by atomic mass is 10.2. The minimum absolute atomic E-state index is 0.000405. The average molecular weight is 424 g/mol. The first-order valence-electron chi connectivity index (χ1n) is 9.00. The minimum Gasteiger partial charge on any atom is -0.385 e. The molecule has 0 spiro atoms. The summed E-state index contributed by atoms with van der Waals surface area (Å²) in [6, 6.07) is 0. The number of nitrogens with zero attached hydrogens (tertiary/aromatic N) is 2. The zero-order valence-electron chi connectivity index (χ0n) is 16.8. The molecule has 0 aliphatic rings. The third-order valence-electron chi connectivity index (χ3n) is 3.87. The van der Waals surface area contributed by atoms with Gasteiger partial charge in [0.25, 0.3) is 11.5 Å². The van der Waals surface area contributed by atoms with Crippen molar-refractivity contribution in [3.05, 3.63) is 20.8 Å². The van der Waals surface area contributed by atoms with E-state index in [0.29, 0.717) is 0 Å². The smallest absolute Gasteiger partial charge is 0.385 e. The van der Waals surface area contributed by atoms with Crippen LogP contribution in [0.4, 0.5) is 24.7 Å². The number of alkyl halides is 3. The van der Waals surface area contributed by atoms with Crippen LogP contribution in [0, 0.1) is 5.92 Å². The summed E-state index contributed by atoms with van der Waals surface area (Å²) in [5, 5.41) is 0. The number of hydrogen-bond donors (Lipinski definition) is 2. The van der Waals surface area contributed by atoms with Gasteiger partial charge in [-0.15, -0.1) is 0 Å². The molecular formula is C17H27F3N4O5. The van der Waals surface area contributed by atoms with Gasteiger partial charge >= 0.3 is 11.9 Å². The molecule has 29 heavy (non-hydrogen) atoms. The number of amides is 1. The molecule has 1 rings (SSSR count). The van der Waals surface area contributed by atoms with Gasteiger partial charge in [0, 0.05) is 26.8 Å². The summed E-state index contributed by atoms with van der Waals surface area (Å²) in [4.78, 5) is 40.3. The molecule has 0 fully saturated rings. The maximum absolute atomic E-state index is 12.8. The largest absolute Gasteiger partial charge is 0.411 e. The normalized spacial score (nSPS) is 13.0. The number of aromatic amines is 1. The van der Waals surface area contributed by atoms with Gasteiger partial charge in [0.2, 0.25) is 0 Å². The summed E-state index contributed by atoms with van der Waals surface area (Å²) in [6.07, 6.45) is -5.84. The Morgan fingerprint density at radius 1 is 1.28 bits per heavy atom. The number of rotatable bonds is 10. The Hall–Kier alpha value is -2.34. The molecule has 0 saturated carbocycles. The number of carbonyl (C=O) groups excluding carboxylic acids is 1. The highest BCUT2D eigenvalue weighted by Gasteiger charge is 2.33. The first kappa shape index (κ1) is 24.7. The number of carbonyl (C=O) groups is 1. The van der Waals surface area contributed by atoms with Crippen molar-refractivity contribution in [2.24, 2.45) is 5.92 Å². The quantitative estimate of drug-likeness (QED) is 0.543. The number of ether oxygens (including phenoxy) is 2. The van der Waals surface area contributed by atoms with E-state index in [-0.39, 0.29) is 43.5 Å². The minimum atomic E-state index is -4.61. The van der Waals surface area contributed by atoms with E-state index in [2.05, 4.69) is 9.72 Å². The standard InChI is InChI=1S/C17H27F3N4O5/c1-10(2)8-24-13(21)12(14(25)22-16(24)27)23(6-5-7-28-4)15(26)11(3)29-9-17(18,19)20/h10-11H,5-9,21H2,1-4H3,(H,22,25,27). The van der Waals surface area contributed by atoms with E-state index in [9.17, 15) is 27.6 Å². The highest BCUT2D eigenvalue weighted by Crippen LogP contribution is 2.21. The molecule has 0 aromatic carbocycles. The van der Waals surface area contributed by atoms with E-state index < -0.39 is 36.0 Å². The maximum atomic E-state index is 12.8. The number of anilines is 2. The van der Waals surface area contributed by atoms with Gasteiger partial charge in [0.15, 0.2) is 5.69 Å². The van der Waals surface area contributed by atoms with Crippen LogP contribution in [0.3, 0.4) is 0 Å². The van der Waals surface area contributed by atoms with E-state index in [1.54, 1.807) is 0 Å². The summed E-state index contributed by atoms with van der Waals surface area (Å²) in [5.74, 6) is -1.14. The molecule has 166 valence electrons. The molecule has 3 N–H and O–H groups in total. The molecule has 0 saturated heterocycles. The monoisotopic (exact) mass is 424 g/mol. The predicted octanol–water partition coefficient (Wildman–Crippen LogP) is 1.11. The zero-order chi connectivity index (χ0) is 22.4. The van der Waals surface area contributed by atoms with Crippen molar-refractivity contribution in [2.75, 3.05) is 37.5 Å². The van der Waals surface area contributed by atoms with Crippen LogP contribution in [0.2, 0.25) is 0 Å². The molecule has 0 aliphatic carbocycles. The van der Waals surface area contributed by atoms with Crippen molar-refractivity contribution in [3.63, 3.8) is 0 Å². The summed E-state index contributed by atoms with van der Waals surface area (Å²) in [7, 11) is 1.44. The number of hydrogen-bond acceptors (Lipinski definition) is 6. The Kier molecular flexibility index (Phi) is 8.89. The Bertz CT molecular complexity index is 804. The molecule has 1 aromatic heterocycles. The van der Waals surface area contributed by atoms with Crippen molar-refractivity contribution in [3.8, 4) is 0 Å². The molecule has 9 nitrogen and oxygen atoms in total. The van der Waals surface area contributed by atoms with E-state index in [0.717, 1.165) is 16.4 Å². The van der Waals surface area contributed by atoms with Gasteiger partial charge in [-0.25, -0.2) is 4.79 Å². The summed E-state index contributed by atoms with van der Waals surface area (Å²) in [6.45, 7) is 3.51. The van der Waals surface area contributed by atoms with Crippen LogP contribution in [-0.2, 0) is 20.8 Å². The zero-order valence-corrected chi connectivity index (χ0v) is 16.8. The molecule has 1 unspecified atom stereocenters. The molecule has 1 aromatic rings. The van der Waals surface area contributed by atoms with Gasteiger partial charge in [-0.05, 0) is 19.3 Å². The first-order valence-corrected chi connectivity index (χ1v) is 9.00. The second kappa shape index (κ2) is 10.4. The van der Waals surface area contributed by atoms with E-state index >= 15 is 0 Å². The Morgan fingerprint density at radius 2 is 1.90 bits per heavy atom. The van der Waals surface area contributed by atoms with Crippen LogP contribution >= 0.6 is 0 Å². The van der Waals surface area contributed by atoms with Crippen LogP contribution in [0.15, 0.2) is 9.59 Å². The molecule has 1 heterocycles. The molecule has 1 amide bonds. The Balaban J connectivity index is 3.35. The third-order valence-corrected chi connectivity index (χ3v) is 3.87. The lowest BCUT2D eigenvalue weighted by Gasteiger charge is -2.27. The number of halogens is 3. The van der Waals surface area contributed by atoms with E-state index in [1.807, 2.05) is 13.8 Å². The molecule has 0 aliphatic heterocycles. The van der Waals surface area contributed by atoms with Gasteiger partial charge in [-0.3, -0.25) is 19.1 Å². The number of aromatic nitrogens is 2. The number of H-pyrrole nitrogens is 1. The highest BCUT2D eigenvalue weighted by atomic mass is 19.4. The molecular weight excluding hydrogens is 397 g/mol. The first-order chi connectivity index (χ1) is 13.4. The van der Waals surface area contributed by atoms with Crippen molar-refractivity contribution in [1.82, 2.24) is 9.55 Å². The average Bonchev–Trinajstić information content (AvgIpc) is 2.60. The Morgan fingerprint density at radius 3 is 2.41 bits per heavy atom. The number of nitrogens with one attached hydrogen (secondary N) is 1. The SMILES string of the molecule is COCCCN(C(=O)C(C)OCC(F)(F)F)c1c(N)n(CC(C)C)c(=O)[nH]c1=O. The second-order valence-corrected chi connectivity index (χ2v) is 6.90. The summed E-state index contributed by atoms with van der Waals surface area (Å²) >= 11 is 0. The number of methoxy groups -OCH3 is 1. The van der Waals surface area contributed by atoms with Gasteiger partial charge in [0.05, 0.1) is 0 Å². The third kappa shape index (κ3) is 7.20. The van der Waals surface area contributed by atoms with Gasteiger partial charge < -0.3 is 20.1 Å². The lowest BCUT2D eigenvalue weighted by Crippen LogP contribution is -2.46. The topological polar surface area (TPSA) is 120 Å². The fourth-order valence-corrected chi connectivity index (χ4v) is 2.59. The number of nitrogen functional groups attached to an aromatic ring is 1. The van der Waals surface area contributed by atoms with Crippen LogP contribution in [0.5, 0.6) is 0 Å². The van der Waals surface area contributed by atoms with E-state index in [1.165, 1.54) is 7.11 Å². The van der Waals surface area contributed by atoms with Crippen molar-refractivity contribution in [1.29, 1.82) is 0 Å². The van der Waals surface area contributed by atoms with Crippen LogP contribution < -0.4 is 21.9 Å². The van der Waals surface area contributed by atoms with Crippen molar-refractivity contribution < 1.29 is 27.4 Å². The fourth-order valence-electron chi connectivity index (χ4n) is 2.59. The van der Waals surface area contributed by atoms with Crippen LogP contribution in [0.25, 0.3) is 0 Å². The number of nitrogens with two attached hydrogens (primary N) is 1. The Labute approximate surface area is 165 Å². The molecule has 0 radical (unpaired) electrons. The second-order valence-electron chi connectivity index (χ2n) is 6.90. The van der Waals surface area contributed by atoms with Crippen molar-refractivity contribution in [2.45, 2.75) is 46.0 Å². The lowest BCUT2D eigenvalue weighted by molar-refractivity contribution is -0.185. The summed E-state index contributed by atoms with van der Waals surface area (Å²) < 4.78 is 47.9. The van der Waals surface area contributed by atoms with Gasteiger partial charge in [-0.2, -0.15) is 13.2 Å². The van der Waals surface area contributed by atoms with E-state index in [4.69, 9.17) is 10.5 Å². The van der Waals surface area contributed by atoms with Crippen LogP contribution in [-0.4, -0.2) is 54.6 Å². The molecule has 1 atom stereocenters. The molecule has 0 bridgehead atoms. The maximum Gasteiger partial charge on any atom is 0.411 e. The summed E-state index contributed by atoms with van der Waals surface area (Å²) in [5.41, 5.74) is 4.05.